The zero-order valence-electron chi connectivity index (χ0n) is 5.96. The minimum absolute atomic E-state index is 0.218. The maximum Gasteiger partial charge on any atom is 0.272 e. The molecule has 0 radical (unpaired) electrons. The molecule has 64 valence electrons. The van der Waals surface area contributed by atoms with Crippen molar-refractivity contribution >= 4 is 21.6 Å². The second kappa shape index (κ2) is 3.62. The van der Waals surface area contributed by atoms with Crippen molar-refractivity contribution in [2.75, 3.05) is 0 Å². The van der Waals surface area contributed by atoms with Crippen LogP contribution in [0.25, 0.3) is 0 Å². The second-order valence-corrected chi connectivity index (χ2v) is 2.77. The molecule has 0 atom stereocenters. The van der Waals surface area contributed by atoms with Crippen LogP contribution in [0.4, 0.5) is 10.1 Å². The molecule has 0 saturated carbocycles. The molecule has 0 fully saturated rings. The number of non-ortho nitro benzene ring substituents is 1. The maximum absolute atomic E-state index is 12.6. The number of nitro benzene ring substituents is 1. The molecule has 0 spiro atoms. The largest absolute Gasteiger partial charge is 0.272 e. The normalized spacial score (nSPS) is 9.83. The predicted octanol–water partition coefficient (Wildman–Crippen LogP) is 2.63. The van der Waals surface area contributed by atoms with Gasteiger partial charge in [-0.1, -0.05) is 15.9 Å². The molecule has 0 aliphatic heterocycles. The van der Waals surface area contributed by atoms with Gasteiger partial charge in [0.1, 0.15) is 5.82 Å². The Balaban J connectivity index is 3.15. The van der Waals surface area contributed by atoms with Gasteiger partial charge in [-0.25, -0.2) is 4.39 Å². The summed E-state index contributed by atoms with van der Waals surface area (Å²) in [7, 11) is 0. The van der Waals surface area contributed by atoms with Crippen LogP contribution < -0.4 is 0 Å². The summed E-state index contributed by atoms with van der Waals surface area (Å²) < 4.78 is 12.6. The molecule has 5 heteroatoms. The van der Waals surface area contributed by atoms with Gasteiger partial charge in [0, 0.05) is 11.4 Å². The number of alkyl halides is 1. The summed E-state index contributed by atoms with van der Waals surface area (Å²) in [6.45, 7) is 0. The molecule has 0 amide bonds. The van der Waals surface area contributed by atoms with Gasteiger partial charge in [0.2, 0.25) is 0 Å². The monoisotopic (exact) mass is 233 g/mol. The molecule has 1 aromatic carbocycles. The molecule has 3 nitrogen and oxygen atoms in total. The van der Waals surface area contributed by atoms with Crippen molar-refractivity contribution < 1.29 is 9.31 Å². The number of rotatable bonds is 2. The molecule has 0 aliphatic rings. The lowest BCUT2D eigenvalue weighted by Gasteiger charge is -1.95. The lowest BCUT2D eigenvalue weighted by atomic mass is 10.2. The van der Waals surface area contributed by atoms with E-state index in [4.69, 9.17) is 0 Å². The summed E-state index contributed by atoms with van der Waals surface area (Å²) in [5.74, 6) is -0.585. The number of hydrogen-bond donors (Lipinski definition) is 0. The van der Waals surface area contributed by atoms with Gasteiger partial charge < -0.3 is 0 Å². The molecule has 0 N–H and O–H groups in total. The Bertz CT molecular complexity index is 316. The molecule has 0 aromatic heterocycles. The molecular weight excluding hydrogens is 229 g/mol. The van der Waals surface area contributed by atoms with E-state index in [-0.39, 0.29) is 5.69 Å². The third kappa shape index (κ3) is 2.01. The molecule has 0 aliphatic carbocycles. The number of benzene rings is 1. The fourth-order valence-corrected chi connectivity index (χ4v) is 1.14. The van der Waals surface area contributed by atoms with E-state index in [0.29, 0.717) is 10.9 Å². The third-order valence-electron chi connectivity index (χ3n) is 1.31. The van der Waals surface area contributed by atoms with Crippen LogP contribution in [0.3, 0.4) is 0 Å². The van der Waals surface area contributed by atoms with Crippen LogP contribution >= 0.6 is 15.9 Å². The molecule has 0 bridgehead atoms. The van der Waals surface area contributed by atoms with Crippen molar-refractivity contribution in [2.24, 2.45) is 0 Å². The highest BCUT2D eigenvalue weighted by Gasteiger charge is 2.08. The Kier molecular flexibility index (Phi) is 2.75. The van der Waals surface area contributed by atoms with Crippen LogP contribution in [0.2, 0.25) is 0 Å². The van der Waals surface area contributed by atoms with E-state index in [0.717, 1.165) is 6.07 Å². The standard InChI is InChI=1S/C7H5BrFNO2/c8-4-5-1-6(9)3-7(2-5)10(11)12/h1-3H,4H2. The topological polar surface area (TPSA) is 43.1 Å². The minimum atomic E-state index is -0.616. The molecule has 1 rings (SSSR count). The first kappa shape index (κ1) is 9.12. The molecule has 12 heavy (non-hydrogen) atoms. The molecular formula is C7H5BrFNO2. The van der Waals surface area contributed by atoms with Crippen molar-refractivity contribution in [1.29, 1.82) is 0 Å². The fourth-order valence-electron chi connectivity index (χ4n) is 0.816. The van der Waals surface area contributed by atoms with Gasteiger partial charge in [-0.3, -0.25) is 10.1 Å². The predicted molar refractivity (Wildman–Crippen MR) is 45.7 cm³/mol. The Morgan fingerprint density at radius 2 is 2.17 bits per heavy atom. The Morgan fingerprint density at radius 3 is 2.67 bits per heavy atom. The van der Waals surface area contributed by atoms with Crippen LogP contribution in [0.5, 0.6) is 0 Å². The summed E-state index contributed by atoms with van der Waals surface area (Å²) >= 11 is 3.09. The van der Waals surface area contributed by atoms with Gasteiger partial charge in [-0.2, -0.15) is 0 Å². The van der Waals surface area contributed by atoms with E-state index >= 15 is 0 Å². The molecule has 0 heterocycles. The summed E-state index contributed by atoms with van der Waals surface area (Å²) in [4.78, 5) is 9.63. The Hall–Kier alpha value is -0.970. The lowest BCUT2D eigenvalue weighted by Crippen LogP contribution is -1.90. The van der Waals surface area contributed by atoms with Gasteiger partial charge in [-0.15, -0.1) is 0 Å². The number of halogens is 2. The third-order valence-corrected chi connectivity index (χ3v) is 1.95. The van der Waals surface area contributed by atoms with E-state index in [9.17, 15) is 14.5 Å². The zero-order chi connectivity index (χ0) is 9.14. The van der Waals surface area contributed by atoms with Crippen LogP contribution in [0.15, 0.2) is 18.2 Å². The summed E-state index contributed by atoms with van der Waals surface area (Å²) in [5, 5.41) is 10.7. The Labute approximate surface area is 76.5 Å². The summed E-state index contributed by atoms with van der Waals surface area (Å²) in [6, 6.07) is 3.48. The Morgan fingerprint density at radius 1 is 1.50 bits per heavy atom. The van der Waals surface area contributed by atoms with Crippen molar-refractivity contribution in [3.63, 3.8) is 0 Å². The zero-order valence-corrected chi connectivity index (χ0v) is 7.54. The first-order valence-corrected chi connectivity index (χ1v) is 4.25. The van der Waals surface area contributed by atoms with Gasteiger partial charge in [0.25, 0.3) is 5.69 Å². The minimum Gasteiger partial charge on any atom is -0.258 e. The quantitative estimate of drug-likeness (QED) is 0.448. The highest BCUT2D eigenvalue weighted by atomic mass is 79.9. The van der Waals surface area contributed by atoms with Crippen LogP contribution in [-0.4, -0.2) is 4.92 Å². The lowest BCUT2D eigenvalue weighted by molar-refractivity contribution is -0.385. The fraction of sp³-hybridized carbons (Fsp3) is 0.143. The first-order chi connectivity index (χ1) is 5.63. The summed E-state index contributed by atoms with van der Waals surface area (Å²) in [6.07, 6.45) is 0. The summed E-state index contributed by atoms with van der Waals surface area (Å²) in [5.41, 5.74) is 0.339. The number of nitro groups is 1. The average Bonchev–Trinajstić information content (AvgIpc) is 2.03. The van der Waals surface area contributed by atoms with Crippen LogP contribution in [0.1, 0.15) is 5.56 Å². The van der Waals surface area contributed by atoms with Crippen LogP contribution in [-0.2, 0) is 5.33 Å². The van der Waals surface area contributed by atoms with E-state index < -0.39 is 10.7 Å². The van der Waals surface area contributed by atoms with Gasteiger partial charge in [0.15, 0.2) is 0 Å². The SMILES string of the molecule is O=[N+]([O-])c1cc(F)cc(CBr)c1. The van der Waals surface area contributed by atoms with Crippen molar-refractivity contribution in [2.45, 2.75) is 5.33 Å². The van der Waals surface area contributed by atoms with E-state index in [1.807, 2.05) is 0 Å². The number of nitrogens with zero attached hydrogens (tertiary/aromatic N) is 1. The number of hydrogen-bond acceptors (Lipinski definition) is 2. The van der Waals surface area contributed by atoms with Crippen molar-refractivity contribution in [3.05, 3.63) is 39.7 Å². The average molecular weight is 234 g/mol. The van der Waals surface area contributed by atoms with Crippen molar-refractivity contribution in [1.82, 2.24) is 0 Å². The van der Waals surface area contributed by atoms with E-state index in [2.05, 4.69) is 15.9 Å². The van der Waals surface area contributed by atoms with Crippen LogP contribution in [0, 0.1) is 15.9 Å². The van der Waals surface area contributed by atoms with E-state index in [1.54, 1.807) is 0 Å². The van der Waals surface area contributed by atoms with Crippen molar-refractivity contribution in [3.8, 4) is 0 Å². The van der Waals surface area contributed by atoms with E-state index in [1.165, 1.54) is 12.1 Å². The van der Waals surface area contributed by atoms with Gasteiger partial charge in [-0.05, 0) is 11.6 Å². The maximum atomic E-state index is 12.6. The highest BCUT2D eigenvalue weighted by Crippen LogP contribution is 2.17. The highest BCUT2D eigenvalue weighted by molar-refractivity contribution is 9.08. The first-order valence-electron chi connectivity index (χ1n) is 3.13. The molecule has 1 aromatic rings. The second-order valence-electron chi connectivity index (χ2n) is 2.21. The van der Waals surface area contributed by atoms with Gasteiger partial charge >= 0.3 is 0 Å². The van der Waals surface area contributed by atoms with Gasteiger partial charge in [0.05, 0.1) is 11.0 Å². The smallest absolute Gasteiger partial charge is 0.258 e. The molecule has 0 saturated heterocycles. The molecule has 0 unspecified atom stereocenters.